The number of nitrogens with zero attached hydrogens (tertiary/aromatic N) is 5. The van der Waals surface area contributed by atoms with E-state index < -0.39 is 0 Å². The number of rotatable bonds is 2. The van der Waals surface area contributed by atoms with Crippen LogP contribution in [0.15, 0.2) is 42.7 Å². The molecular weight excluding hydrogens is 331 g/mol. The highest BCUT2D eigenvalue weighted by Crippen LogP contribution is 2.31. The molecule has 1 aliphatic heterocycles. The third-order valence-electron chi connectivity index (χ3n) is 5.14. The number of anilines is 1. The van der Waals surface area contributed by atoms with Gasteiger partial charge in [0.1, 0.15) is 11.6 Å². The van der Waals surface area contributed by atoms with Crippen LogP contribution in [0.1, 0.15) is 0 Å². The minimum atomic E-state index is -0.251. The molecule has 1 saturated heterocycles. The number of likely N-dealkylation sites (N-methyl/N-ethyl adjacent to an activating group) is 1. The molecule has 0 bridgehead atoms. The van der Waals surface area contributed by atoms with Crippen LogP contribution >= 0.6 is 0 Å². The minimum absolute atomic E-state index is 0.251. The van der Waals surface area contributed by atoms with Gasteiger partial charge in [0.05, 0.1) is 28.4 Å². The number of fused-ring (bicyclic) bond motifs is 3. The second kappa shape index (κ2) is 5.81. The van der Waals surface area contributed by atoms with Crippen molar-refractivity contribution in [2.24, 2.45) is 0 Å². The first-order chi connectivity index (χ1) is 12.7. The average molecular weight is 350 g/mol. The van der Waals surface area contributed by atoms with E-state index in [-0.39, 0.29) is 5.82 Å². The van der Waals surface area contributed by atoms with Crippen LogP contribution in [-0.4, -0.2) is 57.9 Å². The number of hydrogen-bond acceptors (Lipinski definition) is 4. The summed E-state index contributed by atoms with van der Waals surface area (Å²) in [4.78, 5) is 9.20. The Hall–Kier alpha value is -2.93. The zero-order chi connectivity index (χ0) is 17.7. The zero-order valence-electron chi connectivity index (χ0n) is 14.5. The van der Waals surface area contributed by atoms with Gasteiger partial charge in [-0.25, -0.2) is 9.37 Å². The van der Waals surface area contributed by atoms with Crippen LogP contribution in [0.4, 0.5) is 10.2 Å². The first-order valence-corrected chi connectivity index (χ1v) is 8.74. The molecule has 0 saturated carbocycles. The summed E-state index contributed by atoms with van der Waals surface area (Å²) in [6.07, 6.45) is 3.62. The third kappa shape index (κ3) is 2.35. The lowest BCUT2D eigenvalue weighted by molar-refractivity contribution is 0.312. The van der Waals surface area contributed by atoms with Crippen LogP contribution in [0.2, 0.25) is 0 Å². The standard InChI is InChI=1S/C19H19FN6/c1-24-6-8-25(9-7-24)18-11-14(4-5-21-18)26-16-3-2-13(20)10-15(16)19-17(26)12-22-23-19/h2-5,10-12H,6-9H2,1H3,(H,22,23). The molecule has 0 amide bonds. The lowest BCUT2D eigenvalue weighted by Gasteiger charge is -2.33. The lowest BCUT2D eigenvalue weighted by atomic mass is 10.2. The third-order valence-corrected chi connectivity index (χ3v) is 5.14. The highest BCUT2D eigenvalue weighted by atomic mass is 19.1. The van der Waals surface area contributed by atoms with Gasteiger partial charge in [-0.05, 0) is 31.3 Å². The van der Waals surface area contributed by atoms with E-state index in [2.05, 4.69) is 42.7 Å². The molecule has 0 unspecified atom stereocenters. The second-order valence-electron chi connectivity index (χ2n) is 6.79. The van der Waals surface area contributed by atoms with Crippen LogP contribution in [0, 0.1) is 5.82 Å². The summed E-state index contributed by atoms with van der Waals surface area (Å²) in [6.45, 7) is 3.99. The first-order valence-electron chi connectivity index (χ1n) is 8.74. The molecule has 3 aromatic heterocycles. The molecule has 132 valence electrons. The molecule has 0 aliphatic carbocycles. The number of benzene rings is 1. The van der Waals surface area contributed by atoms with E-state index in [1.54, 1.807) is 12.3 Å². The Kier molecular flexibility index (Phi) is 3.43. The number of piperazine rings is 1. The molecule has 0 spiro atoms. The highest BCUT2D eigenvalue weighted by Gasteiger charge is 2.18. The SMILES string of the molecule is CN1CCN(c2cc(-n3c4ccc(F)cc4c4[nH]ncc43)ccn2)CC1. The number of aromatic nitrogens is 4. The molecule has 5 rings (SSSR count). The van der Waals surface area contributed by atoms with Crippen molar-refractivity contribution in [1.29, 1.82) is 0 Å². The van der Waals surface area contributed by atoms with Crippen molar-refractivity contribution < 1.29 is 4.39 Å². The predicted octanol–water partition coefficient (Wildman–Crippen LogP) is 2.79. The molecule has 1 N–H and O–H groups in total. The Morgan fingerprint density at radius 2 is 1.88 bits per heavy atom. The van der Waals surface area contributed by atoms with Crippen molar-refractivity contribution in [3.63, 3.8) is 0 Å². The Balaban J connectivity index is 1.66. The van der Waals surface area contributed by atoms with Gasteiger partial charge in [0, 0.05) is 43.8 Å². The van der Waals surface area contributed by atoms with Gasteiger partial charge in [0.25, 0.3) is 0 Å². The summed E-state index contributed by atoms with van der Waals surface area (Å²) in [5.41, 5.74) is 3.73. The van der Waals surface area contributed by atoms with Crippen molar-refractivity contribution in [2.75, 3.05) is 38.1 Å². The predicted molar refractivity (Wildman–Crippen MR) is 100 cm³/mol. The maximum atomic E-state index is 13.8. The Labute approximate surface area is 149 Å². The average Bonchev–Trinajstić information content (AvgIpc) is 3.23. The summed E-state index contributed by atoms with van der Waals surface area (Å²) in [7, 11) is 2.14. The number of nitrogens with one attached hydrogen (secondary N) is 1. The summed E-state index contributed by atoms with van der Waals surface area (Å²) in [5.74, 6) is 0.718. The monoisotopic (exact) mass is 350 g/mol. The molecular formula is C19H19FN6. The fourth-order valence-electron chi connectivity index (χ4n) is 3.71. The van der Waals surface area contributed by atoms with Crippen molar-refractivity contribution in [3.05, 3.63) is 48.5 Å². The normalized spacial score (nSPS) is 16.0. The number of aromatic amines is 1. The fraction of sp³-hybridized carbons (Fsp3) is 0.263. The summed E-state index contributed by atoms with van der Waals surface area (Å²) >= 11 is 0. The molecule has 1 aromatic carbocycles. The van der Waals surface area contributed by atoms with Gasteiger partial charge in [0.15, 0.2) is 0 Å². The quantitative estimate of drug-likeness (QED) is 0.604. The van der Waals surface area contributed by atoms with Gasteiger partial charge in [0.2, 0.25) is 0 Å². The van der Waals surface area contributed by atoms with Gasteiger partial charge in [-0.2, -0.15) is 5.10 Å². The van der Waals surface area contributed by atoms with Crippen molar-refractivity contribution >= 4 is 27.8 Å². The number of pyridine rings is 1. The molecule has 6 nitrogen and oxygen atoms in total. The van der Waals surface area contributed by atoms with Crippen LogP contribution in [-0.2, 0) is 0 Å². The van der Waals surface area contributed by atoms with Crippen LogP contribution < -0.4 is 4.90 Å². The molecule has 26 heavy (non-hydrogen) atoms. The lowest BCUT2D eigenvalue weighted by Crippen LogP contribution is -2.44. The van der Waals surface area contributed by atoms with Gasteiger partial charge < -0.3 is 14.4 Å². The summed E-state index contributed by atoms with van der Waals surface area (Å²) in [6, 6.07) is 8.94. The molecule has 0 atom stereocenters. The van der Waals surface area contributed by atoms with Crippen molar-refractivity contribution in [2.45, 2.75) is 0 Å². The molecule has 4 heterocycles. The second-order valence-corrected chi connectivity index (χ2v) is 6.79. The van der Waals surface area contributed by atoms with E-state index in [1.165, 1.54) is 6.07 Å². The van der Waals surface area contributed by atoms with E-state index in [0.717, 1.165) is 59.6 Å². The maximum absolute atomic E-state index is 13.8. The van der Waals surface area contributed by atoms with E-state index in [9.17, 15) is 4.39 Å². The van der Waals surface area contributed by atoms with Crippen LogP contribution in [0.25, 0.3) is 27.6 Å². The van der Waals surface area contributed by atoms with Gasteiger partial charge in [-0.3, -0.25) is 5.10 Å². The number of halogens is 1. The number of H-pyrrole nitrogens is 1. The van der Waals surface area contributed by atoms with E-state index in [1.807, 2.05) is 18.3 Å². The van der Waals surface area contributed by atoms with Crippen LogP contribution in [0.3, 0.4) is 0 Å². The van der Waals surface area contributed by atoms with E-state index in [0.29, 0.717) is 0 Å². The molecule has 1 fully saturated rings. The molecule has 7 heteroatoms. The summed E-state index contributed by atoms with van der Waals surface area (Å²) in [5, 5.41) is 7.97. The van der Waals surface area contributed by atoms with Crippen molar-refractivity contribution in [3.8, 4) is 5.69 Å². The molecule has 1 aliphatic rings. The Morgan fingerprint density at radius 1 is 1.04 bits per heavy atom. The maximum Gasteiger partial charge on any atom is 0.130 e. The zero-order valence-corrected chi connectivity index (χ0v) is 14.5. The largest absolute Gasteiger partial charge is 0.354 e. The first kappa shape index (κ1) is 15.3. The Morgan fingerprint density at radius 3 is 2.73 bits per heavy atom. The molecule has 4 aromatic rings. The topological polar surface area (TPSA) is 53.0 Å². The van der Waals surface area contributed by atoms with E-state index >= 15 is 0 Å². The summed E-state index contributed by atoms with van der Waals surface area (Å²) < 4.78 is 15.9. The fourth-order valence-corrected chi connectivity index (χ4v) is 3.71. The van der Waals surface area contributed by atoms with E-state index in [4.69, 9.17) is 0 Å². The smallest absolute Gasteiger partial charge is 0.130 e. The number of hydrogen-bond donors (Lipinski definition) is 1. The van der Waals surface area contributed by atoms with Crippen molar-refractivity contribution in [1.82, 2.24) is 24.6 Å². The van der Waals surface area contributed by atoms with Gasteiger partial charge >= 0.3 is 0 Å². The van der Waals surface area contributed by atoms with Crippen LogP contribution in [0.5, 0.6) is 0 Å². The minimum Gasteiger partial charge on any atom is -0.354 e. The van der Waals surface area contributed by atoms with Gasteiger partial charge in [-0.1, -0.05) is 0 Å². The highest BCUT2D eigenvalue weighted by molar-refractivity contribution is 6.06. The molecule has 0 radical (unpaired) electrons. The van der Waals surface area contributed by atoms with Gasteiger partial charge in [-0.15, -0.1) is 0 Å². The Bertz CT molecular complexity index is 1090.